The first kappa shape index (κ1) is 16.3. The zero-order valence-corrected chi connectivity index (χ0v) is 14.7. The number of nitrogens with zero attached hydrogens (tertiary/aromatic N) is 3. The molecule has 0 amide bonds. The second-order valence-electron chi connectivity index (χ2n) is 6.32. The fraction of sp³-hybridized carbons (Fsp3) is 0.143. The van der Waals surface area contributed by atoms with Gasteiger partial charge in [-0.05, 0) is 37.1 Å². The number of hydrogen-bond donors (Lipinski definition) is 1. The van der Waals surface area contributed by atoms with Crippen molar-refractivity contribution in [3.05, 3.63) is 83.4 Å². The topological polar surface area (TPSA) is 42.2 Å². The van der Waals surface area contributed by atoms with E-state index in [4.69, 9.17) is 0 Å². The Morgan fingerprint density at radius 1 is 1.00 bits per heavy atom. The molecule has 2 heterocycles. The van der Waals surface area contributed by atoms with Crippen molar-refractivity contribution >= 4 is 11.5 Å². The molecule has 2 aromatic carbocycles. The Hall–Kier alpha value is -3.21. The highest BCUT2D eigenvalue weighted by Gasteiger charge is 2.16. The highest BCUT2D eigenvalue weighted by atomic mass is 19.1. The van der Waals surface area contributed by atoms with Crippen LogP contribution in [0.1, 0.15) is 17.0 Å². The Morgan fingerprint density at radius 3 is 2.46 bits per heavy atom. The first-order valence-corrected chi connectivity index (χ1v) is 8.52. The minimum Gasteiger partial charge on any atom is -0.366 e. The standard InChI is InChI=1S/C21H19FN4/c1-14-12-19(23-13-16-6-4-3-5-7-16)26-21(24-14)20(15(2)25-26)17-8-10-18(22)11-9-17/h3-12,23H,13H2,1-2H3. The first-order valence-electron chi connectivity index (χ1n) is 8.52. The van der Waals surface area contributed by atoms with Crippen LogP contribution in [0.5, 0.6) is 0 Å². The van der Waals surface area contributed by atoms with E-state index in [0.717, 1.165) is 34.0 Å². The molecule has 26 heavy (non-hydrogen) atoms. The Bertz CT molecular complexity index is 1050. The second-order valence-corrected chi connectivity index (χ2v) is 6.32. The van der Waals surface area contributed by atoms with Crippen LogP contribution < -0.4 is 5.32 Å². The molecule has 1 N–H and O–H groups in total. The van der Waals surface area contributed by atoms with Crippen molar-refractivity contribution in [3.8, 4) is 11.1 Å². The molecule has 0 aliphatic carbocycles. The molecular formula is C21H19FN4. The summed E-state index contributed by atoms with van der Waals surface area (Å²) < 4.78 is 15.1. The summed E-state index contributed by atoms with van der Waals surface area (Å²) in [7, 11) is 0. The van der Waals surface area contributed by atoms with E-state index in [1.165, 1.54) is 17.7 Å². The molecular weight excluding hydrogens is 327 g/mol. The van der Waals surface area contributed by atoms with Crippen LogP contribution in [0.25, 0.3) is 16.8 Å². The fourth-order valence-electron chi connectivity index (χ4n) is 3.11. The number of benzene rings is 2. The smallest absolute Gasteiger partial charge is 0.165 e. The van der Waals surface area contributed by atoms with Crippen LogP contribution in [-0.4, -0.2) is 14.6 Å². The van der Waals surface area contributed by atoms with Crippen molar-refractivity contribution in [2.45, 2.75) is 20.4 Å². The molecule has 0 fully saturated rings. The van der Waals surface area contributed by atoms with E-state index in [-0.39, 0.29) is 5.82 Å². The van der Waals surface area contributed by atoms with Gasteiger partial charge in [-0.3, -0.25) is 0 Å². The monoisotopic (exact) mass is 346 g/mol. The second kappa shape index (κ2) is 6.59. The molecule has 0 radical (unpaired) electrons. The van der Waals surface area contributed by atoms with Gasteiger partial charge in [-0.15, -0.1) is 0 Å². The summed E-state index contributed by atoms with van der Waals surface area (Å²) in [6.45, 7) is 4.61. The van der Waals surface area contributed by atoms with Gasteiger partial charge in [-0.2, -0.15) is 9.61 Å². The van der Waals surface area contributed by atoms with Gasteiger partial charge in [-0.1, -0.05) is 42.5 Å². The lowest BCUT2D eigenvalue weighted by molar-refractivity contribution is 0.628. The number of aromatic nitrogens is 3. The van der Waals surface area contributed by atoms with Gasteiger partial charge in [-0.25, -0.2) is 9.37 Å². The van der Waals surface area contributed by atoms with Gasteiger partial charge in [0.2, 0.25) is 0 Å². The molecule has 0 saturated heterocycles. The number of fused-ring (bicyclic) bond motifs is 1. The fourth-order valence-corrected chi connectivity index (χ4v) is 3.11. The van der Waals surface area contributed by atoms with E-state index in [0.29, 0.717) is 6.54 Å². The number of anilines is 1. The SMILES string of the molecule is Cc1cc(NCc2ccccc2)n2nc(C)c(-c3ccc(F)cc3)c2n1. The average molecular weight is 346 g/mol. The third-order valence-electron chi connectivity index (χ3n) is 4.34. The zero-order valence-electron chi connectivity index (χ0n) is 14.7. The maximum Gasteiger partial charge on any atom is 0.165 e. The minimum atomic E-state index is -0.253. The average Bonchev–Trinajstić information content (AvgIpc) is 2.97. The molecule has 2 aromatic heterocycles. The van der Waals surface area contributed by atoms with E-state index in [2.05, 4.69) is 27.5 Å². The van der Waals surface area contributed by atoms with Gasteiger partial charge in [0, 0.05) is 23.9 Å². The van der Waals surface area contributed by atoms with Gasteiger partial charge in [0.1, 0.15) is 11.6 Å². The van der Waals surface area contributed by atoms with Gasteiger partial charge >= 0.3 is 0 Å². The first-order chi connectivity index (χ1) is 12.6. The van der Waals surface area contributed by atoms with Crippen molar-refractivity contribution in [1.29, 1.82) is 0 Å². The van der Waals surface area contributed by atoms with Crippen molar-refractivity contribution in [2.24, 2.45) is 0 Å². The number of halogens is 1. The Balaban J connectivity index is 1.78. The van der Waals surface area contributed by atoms with Crippen molar-refractivity contribution in [2.75, 3.05) is 5.32 Å². The predicted molar refractivity (Wildman–Crippen MR) is 102 cm³/mol. The lowest BCUT2D eigenvalue weighted by atomic mass is 10.1. The van der Waals surface area contributed by atoms with Crippen LogP contribution in [0.3, 0.4) is 0 Å². The van der Waals surface area contributed by atoms with Gasteiger partial charge < -0.3 is 5.32 Å². The third kappa shape index (κ3) is 3.04. The summed E-state index contributed by atoms with van der Waals surface area (Å²) in [6, 6.07) is 18.6. The molecule has 0 unspecified atom stereocenters. The normalized spacial score (nSPS) is 11.0. The highest BCUT2D eigenvalue weighted by Crippen LogP contribution is 2.29. The molecule has 4 rings (SSSR count). The number of rotatable bonds is 4. The maximum atomic E-state index is 13.3. The van der Waals surface area contributed by atoms with Crippen LogP contribution in [-0.2, 0) is 6.54 Å². The molecule has 0 saturated carbocycles. The summed E-state index contributed by atoms with van der Waals surface area (Å²) in [6.07, 6.45) is 0. The molecule has 130 valence electrons. The van der Waals surface area contributed by atoms with Crippen LogP contribution in [0, 0.1) is 19.7 Å². The number of hydrogen-bond acceptors (Lipinski definition) is 3. The molecule has 0 aliphatic rings. The summed E-state index contributed by atoms with van der Waals surface area (Å²) in [4.78, 5) is 4.68. The van der Waals surface area contributed by atoms with E-state index in [9.17, 15) is 4.39 Å². The zero-order chi connectivity index (χ0) is 18.1. The lowest BCUT2D eigenvalue weighted by Gasteiger charge is -2.10. The number of aryl methyl sites for hydroxylation is 2. The van der Waals surface area contributed by atoms with E-state index in [1.54, 1.807) is 12.1 Å². The quantitative estimate of drug-likeness (QED) is 0.579. The maximum absolute atomic E-state index is 13.3. The molecule has 4 aromatic rings. The van der Waals surface area contributed by atoms with Crippen LogP contribution in [0.4, 0.5) is 10.2 Å². The molecule has 5 heteroatoms. The molecule has 0 aliphatic heterocycles. The van der Waals surface area contributed by atoms with Gasteiger partial charge in [0.15, 0.2) is 5.65 Å². The highest BCUT2D eigenvalue weighted by molar-refractivity contribution is 5.80. The Morgan fingerprint density at radius 2 is 1.73 bits per heavy atom. The molecule has 0 bridgehead atoms. The van der Waals surface area contributed by atoms with Gasteiger partial charge in [0.25, 0.3) is 0 Å². The van der Waals surface area contributed by atoms with Crippen molar-refractivity contribution in [1.82, 2.24) is 14.6 Å². The van der Waals surface area contributed by atoms with Crippen molar-refractivity contribution in [3.63, 3.8) is 0 Å². The molecule has 0 spiro atoms. The van der Waals surface area contributed by atoms with E-state index in [1.807, 2.05) is 42.6 Å². The van der Waals surface area contributed by atoms with E-state index >= 15 is 0 Å². The number of nitrogens with one attached hydrogen (secondary N) is 1. The largest absolute Gasteiger partial charge is 0.366 e. The summed E-state index contributed by atoms with van der Waals surface area (Å²) in [5.41, 5.74) is 5.55. The molecule has 0 atom stereocenters. The summed E-state index contributed by atoms with van der Waals surface area (Å²) in [5.74, 6) is 0.630. The predicted octanol–water partition coefficient (Wildman–Crippen LogP) is 4.76. The third-order valence-corrected chi connectivity index (χ3v) is 4.34. The lowest BCUT2D eigenvalue weighted by Crippen LogP contribution is -2.06. The van der Waals surface area contributed by atoms with Crippen LogP contribution >= 0.6 is 0 Å². The Kier molecular flexibility index (Phi) is 4.13. The summed E-state index contributed by atoms with van der Waals surface area (Å²) in [5, 5.41) is 8.11. The van der Waals surface area contributed by atoms with Gasteiger partial charge in [0.05, 0.1) is 5.69 Å². The van der Waals surface area contributed by atoms with Crippen LogP contribution in [0.15, 0.2) is 60.7 Å². The Labute approximate surface area is 151 Å². The van der Waals surface area contributed by atoms with Crippen LogP contribution in [0.2, 0.25) is 0 Å². The minimum absolute atomic E-state index is 0.253. The molecule has 4 nitrogen and oxygen atoms in total. The van der Waals surface area contributed by atoms with Crippen molar-refractivity contribution < 1.29 is 4.39 Å². The summed E-state index contributed by atoms with van der Waals surface area (Å²) >= 11 is 0. The van der Waals surface area contributed by atoms with E-state index < -0.39 is 0 Å².